The van der Waals surface area contributed by atoms with Crippen molar-refractivity contribution in [3.63, 3.8) is 0 Å². The predicted octanol–water partition coefficient (Wildman–Crippen LogP) is 4.43. The van der Waals surface area contributed by atoms with Gasteiger partial charge in [-0.25, -0.2) is 4.98 Å². The zero-order chi connectivity index (χ0) is 24.1. The number of methoxy groups -OCH3 is 2. The van der Waals surface area contributed by atoms with Crippen LogP contribution in [0.2, 0.25) is 0 Å². The molecule has 1 aromatic heterocycles. The van der Waals surface area contributed by atoms with E-state index in [0.717, 1.165) is 48.0 Å². The first kappa shape index (κ1) is 23.6. The summed E-state index contributed by atoms with van der Waals surface area (Å²) in [6.07, 6.45) is 3.28. The fourth-order valence-electron chi connectivity index (χ4n) is 4.36. The highest BCUT2D eigenvalue weighted by atomic mass is 16.5. The smallest absolute Gasteiger partial charge is 0.309 e. The molecule has 0 unspecified atom stereocenters. The summed E-state index contributed by atoms with van der Waals surface area (Å²) < 4.78 is 16.2. The summed E-state index contributed by atoms with van der Waals surface area (Å²) >= 11 is 0. The second kappa shape index (κ2) is 10.6. The van der Waals surface area contributed by atoms with Crippen LogP contribution in [0.4, 0.5) is 11.8 Å². The van der Waals surface area contributed by atoms with Crippen LogP contribution in [0, 0.1) is 5.92 Å². The van der Waals surface area contributed by atoms with Gasteiger partial charge in [0, 0.05) is 25.5 Å². The average Bonchev–Trinajstić information content (AvgIpc) is 2.86. The summed E-state index contributed by atoms with van der Waals surface area (Å²) in [6, 6.07) is 13.8. The van der Waals surface area contributed by atoms with Gasteiger partial charge in [0.05, 0.1) is 25.7 Å². The predicted molar refractivity (Wildman–Crippen MR) is 133 cm³/mol. The summed E-state index contributed by atoms with van der Waals surface area (Å²) in [5, 5.41) is 4.51. The maximum Gasteiger partial charge on any atom is 0.309 e. The molecule has 8 heteroatoms. The summed E-state index contributed by atoms with van der Waals surface area (Å²) in [5.41, 5.74) is 1.78. The van der Waals surface area contributed by atoms with Crippen LogP contribution < -0.4 is 19.7 Å². The van der Waals surface area contributed by atoms with Gasteiger partial charge in [-0.1, -0.05) is 18.2 Å². The Kier molecular flexibility index (Phi) is 7.35. The molecule has 0 amide bonds. The van der Waals surface area contributed by atoms with Crippen molar-refractivity contribution >= 4 is 28.6 Å². The van der Waals surface area contributed by atoms with Crippen molar-refractivity contribution in [3.05, 3.63) is 48.0 Å². The van der Waals surface area contributed by atoms with E-state index < -0.39 is 0 Å². The molecule has 1 fully saturated rings. The van der Waals surface area contributed by atoms with E-state index >= 15 is 0 Å². The van der Waals surface area contributed by atoms with Gasteiger partial charge in [-0.05, 0) is 55.5 Å². The number of esters is 1. The van der Waals surface area contributed by atoms with E-state index in [1.54, 1.807) is 14.2 Å². The van der Waals surface area contributed by atoms with Crippen LogP contribution in [-0.4, -0.2) is 50.3 Å². The molecule has 1 saturated carbocycles. The first-order chi connectivity index (χ1) is 16.5. The van der Waals surface area contributed by atoms with Gasteiger partial charge in [0.1, 0.15) is 12.4 Å². The summed E-state index contributed by atoms with van der Waals surface area (Å²) in [7, 11) is 7.15. The van der Waals surface area contributed by atoms with Gasteiger partial charge in [-0.3, -0.25) is 4.79 Å². The zero-order valence-electron chi connectivity index (χ0n) is 20.2. The molecular weight excluding hydrogens is 432 g/mol. The number of ether oxygens (including phenoxy) is 3. The molecule has 8 nitrogen and oxygen atoms in total. The van der Waals surface area contributed by atoms with Crippen molar-refractivity contribution < 1.29 is 19.0 Å². The van der Waals surface area contributed by atoms with Crippen molar-refractivity contribution in [2.45, 2.75) is 38.3 Å². The highest BCUT2D eigenvalue weighted by Crippen LogP contribution is 2.30. The van der Waals surface area contributed by atoms with Crippen LogP contribution in [0.25, 0.3) is 10.9 Å². The number of carbonyl (C=O) groups excluding carboxylic acids is 1. The van der Waals surface area contributed by atoms with E-state index in [9.17, 15) is 4.79 Å². The Bertz CT molecular complexity index is 1140. The van der Waals surface area contributed by atoms with Crippen LogP contribution in [0.1, 0.15) is 31.2 Å². The fourth-order valence-corrected chi connectivity index (χ4v) is 4.36. The van der Waals surface area contributed by atoms with Crippen LogP contribution in [0.3, 0.4) is 0 Å². The molecule has 1 aliphatic rings. The SMILES string of the molecule is COc1ccc(COC(=O)[C@H]2CC[C@@H](Nc3nc(N(C)C)c4ccccc4n3)CC2)cc1OC. The lowest BCUT2D eigenvalue weighted by Gasteiger charge is -2.28. The molecule has 0 spiro atoms. The number of nitrogens with one attached hydrogen (secondary N) is 1. The van der Waals surface area contributed by atoms with Gasteiger partial charge < -0.3 is 24.4 Å². The molecule has 0 atom stereocenters. The van der Waals surface area contributed by atoms with Crippen LogP contribution in [0.15, 0.2) is 42.5 Å². The minimum atomic E-state index is -0.148. The molecule has 1 aliphatic carbocycles. The van der Waals surface area contributed by atoms with E-state index in [1.165, 1.54) is 0 Å². The second-order valence-corrected chi connectivity index (χ2v) is 8.77. The maximum absolute atomic E-state index is 12.7. The van der Waals surface area contributed by atoms with Crippen LogP contribution in [0.5, 0.6) is 11.5 Å². The minimum Gasteiger partial charge on any atom is -0.493 e. The minimum absolute atomic E-state index is 0.0898. The molecule has 2 aromatic carbocycles. The first-order valence-corrected chi connectivity index (χ1v) is 11.6. The van der Waals surface area contributed by atoms with E-state index in [2.05, 4.69) is 5.32 Å². The number of rotatable bonds is 8. The number of fused-ring (bicyclic) bond motifs is 1. The van der Waals surface area contributed by atoms with E-state index in [-0.39, 0.29) is 24.5 Å². The summed E-state index contributed by atoms with van der Waals surface area (Å²) in [4.78, 5) is 24.1. The van der Waals surface area contributed by atoms with Crippen molar-refractivity contribution in [1.29, 1.82) is 0 Å². The number of hydrogen-bond acceptors (Lipinski definition) is 8. The van der Waals surface area contributed by atoms with Gasteiger partial charge in [-0.15, -0.1) is 0 Å². The van der Waals surface area contributed by atoms with Gasteiger partial charge >= 0.3 is 5.97 Å². The Morgan fingerprint density at radius 1 is 1.00 bits per heavy atom. The number of para-hydroxylation sites is 1. The number of anilines is 2. The molecular formula is C26H32N4O4. The Morgan fingerprint density at radius 2 is 1.74 bits per heavy atom. The summed E-state index contributed by atoms with van der Waals surface area (Å²) in [6.45, 7) is 0.218. The molecule has 0 saturated heterocycles. The monoisotopic (exact) mass is 464 g/mol. The standard InChI is InChI=1S/C26H32N4O4/c1-30(2)24-20-7-5-6-8-21(20)28-26(29-24)27-19-12-10-18(11-13-19)25(31)34-16-17-9-14-22(32-3)23(15-17)33-4/h5-9,14-15,18-19H,10-13,16H2,1-4H3,(H,27,28,29)/t18-,19+. The van der Waals surface area contributed by atoms with Gasteiger partial charge in [0.2, 0.25) is 5.95 Å². The zero-order valence-corrected chi connectivity index (χ0v) is 20.2. The normalized spacial score (nSPS) is 17.8. The Balaban J connectivity index is 1.32. The Morgan fingerprint density at radius 3 is 2.44 bits per heavy atom. The van der Waals surface area contributed by atoms with Gasteiger partial charge in [0.15, 0.2) is 11.5 Å². The molecule has 180 valence electrons. The molecule has 0 aliphatic heterocycles. The molecule has 1 N–H and O–H groups in total. The fraction of sp³-hybridized carbons (Fsp3) is 0.423. The number of aromatic nitrogens is 2. The maximum atomic E-state index is 12.7. The van der Waals surface area contributed by atoms with Gasteiger partial charge in [-0.2, -0.15) is 4.98 Å². The van der Waals surface area contributed by atoms with E-state index in [4.69, 9.17) is 24.2 Å². The highest BCUT2D eigenvalue weighted by molar-refractivity contribution is 5.90. The number of benzene rings is 2. The molecule has 0 bridgehead atoms. The highest BCUT2D eigenvalue weighted by Gasteiger charge is 2.28. The first-order valence-electron chi connectivity index (χ1n) is 11.6. The number of carbonyl (C=O) groups is 1. The third-order valence-electron chi connectivity index (χ3n) is 6.23. The van der Waals surface area contributed by atoms with Crippen molar-refractivity contribution in [3.8, 4) is 11.5 Å². The lowest BCUT2D eigenvalue weighted by atomic mass is 9.86. The molecule has 4 rings (SSSR count). The molecule has 3 aromatic rings. The van der Waals surface area contributed by atoms with Crippen molar-refractivity contribution in [2.75, 3.05) is 38.5 Å². The molecule has 34 heavy (non-hydrogen) atoms. The van der Waals surface area contributed by atoms with Crippen LogP contribution in [-0.2, 0) is 16.1 Å². The summed E-state index contributed by atoms with van der Waals surface area (Å²) in [5.74, 6) is 2.55. The van der Waals surface area contributed by atoms with Crippen LogP contribution >= 0.6 is 0 Å². The van der Waals surface area contributed by atoms with Crippen molar-refractivity contribution in [2.24, 2.45) is 5.92 Å². The molecule has 0 radical (unpaired) electrons. The molecule has 1 heterocycles. The van der Waals surface area contributed by atoms with E-state index in [0.29, 0.717) is 17.4 Å². The lowest BCUT2D eigenvalue weighted by molar-refractivity contribution is -0.151. The lowest BCUT2D eigenvalue weighted by Crippen LogP contribution is -2.31. The Labute approximate surface area is 200 Å². The number of nitrogens with zero attached hydrogens (tertiary/aromatic N) is 3. The average molecular weight is 465 g/mol. The third kappa shape index (κ3) is 5.32. The van der Waals surface area contributed by atoms with E-state index in [1.807, 2.05) is 61.5 Å². The largest absolute Gasteiger partial charge is 0.493 e. The van der Waals surface area contributed by atoms with Gasteiger partial charge in [0.25, 0.3) is 0 Å². The number of hydrogen-bond donors (Lipinski definition) is 1. The third-order valence-corrected chi connectivity index (χ3v) is 6.23. The Hall–Kier alpha value is -3.55. The quantitative estimate of drug-likeness (QED) is 0.490. The topological polar surface area (TPSA) is 85.8 Å². The second-order valence-electron chi connectivity index (χ2n) is 8.77. The van der Waals surface area contributed by atoms with Crippen molar-refractivity contribution in [1.82, 2.24) is 9.97 Å².